The summed E-state index contributed by atoms with van der Waals surface area (Å²) in [5.74, 6) is 0.232. The van der Waals surface area contributed by atoms with E-state index in [4.69, 9.17) is 0 Å². The molecule has 44 valence electrons. The van der Waals surface area contributed by atoms with Gasteiger partial charge in [0.1, 0.15) is 0 Å². The molecule has 1 heteroatoms. The summed E-state index contributed by atoms with van der Waals surface area (Å²) in [6.07, 6.45) is 8.23. The molecule has 0 aliphatic heterocycles. The Morgan fingerprint density at radius 2 is 2.44 bits per heavy atom. The summed E-state index contributed by atoms with van der Waals surface area (Å²) >= 11 is 0. The molecule has 2 aliphatic carbocycles. The first-order valence-corrected chi connectivity index (χ1v) is 3.04. The van der Waals surface area contributed by atoms with Crippen LogP contribution in [0.15, 0.2) is 23.3 Å². The van der Waals surface area contributed by atoms with Gasteiger partial charge in [0.15, 0.2) is 5.78 Å². The summed E-state index contributed by atoms with van der Waals surface area (Å²) in [6.45, 7) is 0. The normalized spacial score (nSPS) is 23.8. The summed E-state index contributed by atoms with van der Waals surface area (Å²) < 4.78 is 0. The summed E-state index contributed by atoms with van der Waals surface area (Å²) in [5, 5.41) is 0. The fourth-order valence-electron chi connectivity index (χ4n) is 1.08. The largest absolute Gasteiger partial charge is 0.295 e. The monoisotopic (exact) mass is 118 g/mol. The average Bonchev–Trinajstić information content (AvgIpc) is 1.78. The Bertz CT molecular complexity index is 221. The van der Waals surface area contributed by atoms with Gasteiger partial charge in [-0.3, -0.25) is 4.79 Å². The number of fused-ring (bicyclic) bond motifs is 1. The van der Waals surface area contributed by atoms with Crippen molar-refractivity contribution in [3.05, 3.63) is 29.7 Å². The summed E-state index contributed by atoms with van der Waals surface area (Å²) in [4.78, 5) is 10.7. The molecular weight excluding hydrogens is 112 g/mol. The van der Waals surface area contributed by atoms with Gasteiger partial charge in [-0.2, -0.15) is 0 Å². The van der Waals surface area contributed by atoms with Gasteiger partial charge < -0.3 is 0 Å². The van der Waals surface area contributed by atoms with Crippen LogP contribution in [-0.4, -0.2) is 5.78 Å². The Morgan fingerprint density at radius 3 is 2.89 bits per heavy atom. The summed E-state index contributed by atoms with van der Waals surface area (Å²) in [5.41, 5.74) is 2.33. The number of hydrogen-bond acceptors (Lipinski definition) is 1. The van der Waals surface area contributed by atoms with Crippen molar-refractivity contribution in [2.75, 3.05) is 0 Å². The van der Waals surface area contributed by atoms with Crippen molar-refractivity contribution in [2.24, 2.45) is 0 Å². The van der Waals surface area contributed by atoms with Gasteiger partial charge >= 0.3 is 0 Å². The predicted octanol–water partition coefficient (Wildman–Crippen LogP) is 1.30. The minimum atomic E-state index is 0.232. The van der Waals surface area contributed by atoms with Crippen molar-refractivity contribution >= 4 is 5.78 Å². The zero-order valence-electron chi connectivity index (χ0n) is 4.98. The Kier molecular flexibility index (Phi) is 0.865. The van der Waals surface area contributed by atoms with Gasteiger partial charge in [-0.05, 0) is 23.6 Å². The highest BCUT2D eigenvalue weighted by Crippen LogP contribution is 2.34. The molecule has 1 saturated carbocycles. The highest BCUT2D eigenvalue weighted by atomic mass is 16.1. The molecule has 0 aromatic carbocycles. The highest BCUT2D eigenvalue weighted by molar-refractivity contribution is 5.94. The third-order valence-corrected chi connectivity index (χ3v) is 1.66. The molecule has 1 fully saturated rings. The summed E-state index contributed by atoms with van der Waals surface area (Å²) in [7, 11) is 0. The lowest BCUT2D eigenvalue weighted by Gasteiger charge is -2.22. The van der Waals surface area contributed by atoms with Crippen LogP contribution < -0.4 is 0 Å². The van der Waals surface area contributed by atoms with E-state index in [0.717, 1.165) is 12.0 Å². The van der Waals surface area contributed by atoms with E-state index >= 15 is 0 Å². The molecular formula is C8H6O. The molecule has 0 unspecified atom stereocenters. The first-order valence-electron chi connectivity index (χ1n) is 3.04. The first-order chi connectivity index (χ1) is 4.36. The number of ketones is 1. The number of allylic oxidation sites excluding steroid dienone is 4. The SMILES string of the molecule is O=C1C=C2C[C]C2=CC1. The van der Waals surface area contributed by atoms with Crippen molar-refractivity contribution in [2.45, 2.75) is 12.8 Å². The molecule has 1 nitrogen and oxygen atoms in total. The Balaban J connectivity index is 2.34. The fourth-order valence-corrected chi connectivity index (χ4v) is 1.08. The molecule has 0 aromatic rings. The quantitative estimate of drug-likeness (QED) is 0.468. The van der Waals surface area contributed by atoms with Gasteiger partial charge in [-0.15, -0.1) is 0 Å². The third kappa shape index (κ3) is 0.645. The second kappa shape index (κ2) is 1.56. The van der Waals surface area contributed by atoms with Crippen LogP contribution in [0.5, 0.6) is 0 Å². The third-order valence-electron chi connectivity index (χ3n) is 1.66. The van der Waals surface area contributed by atoms with Crippen LogP contribution in [-0.2, 0) is 4.79 Å². The molecule has 2 radical (unpaired) electrons. The van der Waals surface area contributed by atoms with E-state index in [1.54, 1.807) is 6.08 Å². The Morgan fingerprint density at radius 1 is 1.56 bits per heavy atom. The lowest BCUT2D eigenvalue weighted by atomic mass is 9.81. The van der Waals surface area contributed by atoms with Gasteiger partial charge in [-0.25, -0.2) is 0 Å². The van der Waals surface area contributed by atoms with Crippen LogP contribution in [0, 0.1) is 6.42 Å². The molecule has 0 atom stereocenters. The Labute approximate surface area is 54.1 Å². The van der Waals surface area contributed by atoms with Crippen molar-refractivity contribution in [1.29, 1.82) is 0 Å². The molecule has 0 spiro atoms. The van der Waals surface area contributed by atoms with Gasteiger partial charge in [0.2, 0.25) is 0 Å². The van der Waals surface area contributed by atoms with Crippen molar-refractivity contribution in [3.8, 4) is 0 Å². The minimum absolute atomic E-state index is 0.232. The van der Waals surface area contributed by atoms with Crippen molar-refractivity contribution in [3.63, 3.8) is 0 Å². The molecule has 0 amide bonds. The van der Waals surface area contributed by atoms with E-state index in [1.165, 1.54) is 5.57 Å². The molecule has 9 heavy (non-hydrogen) atoms. The molecule has 2 rings (SSSR count). The topological polar surface area (TPSA) is 17.1 Å². The number of hydrogen-bond donors (Lipinski definition) is 0. The van der Waals surface area contributed by atoms with Crippen LogP contribution in [0.3, 0.4) is 0 Å². The lowest BCUT2D eigenvalue weighted by Crippen LogP contribution is -2.11. The number of carbonyl (C=O) groups is 1. The fraction of sp³-hybridized carbons (Fsp3) is 0.250. The van der Waals surface area contributed by atoms with Crippen LogP contribution in [0.2, 0.25) is 0 Å². The van der Waals surface area contributed by atoms with E-state index in [0.29, 0.717) is 6.42 Å². The average molecular weight is 118 g/mol. The summed E-state index contributed by atoms with van der Waals surface area (Å²) in [6, 6.07) is 0. The van der Waals surface area contributed by atoms with Gasteiger partial charge in [0.25, 0.3) is 0 Å². The predicted molar refractivity (Wildman–Crippen MR) is 33.6 cm³/mol. The zero-order chi connectivity index (χ0) is 6.27. The van der Waals surface area contributed by atoms with E-state index in [9.17, 15) is 4.79 Å². The van der Waals surface area contributed by atoms with Crippen molar-refractivity contribution < 1.29 is 4.79 Å². The van der Waals surface area contributed by atoms with Crippen LogP contribution >= 0.6 is 0 Å². The lowest BCUT2D eigenvalue weighted by molar-refractivity contribution is -0.114. The van der Waals surface area contributed by atoms with E-state index in [-0.39, 0.29) is 5.78 Å². The second-order valence-electron chi connectivity index (χ2n) is 2.31. The highest BCUT2D eigenvalue weighted by Gasteiger charge is 2.20. The van der Waals surface area contributed by atoms with Crippen molar-refractivity contribution in [1.82, 2.24) is 0 Å². The first kappa shape index (κ1) is 4.98. The van der Waals surface area contributed by atoms with Crippen LogP contribution in [0.25, 0.3) is 0 Å². The van der Waals surface area contributed by atoms with E-state index in [2.05, 4.69) is 6.42 Å². The van der Waals surface area contributed by atoms with E-state index in [1.807, 2.05) is 6.08 Å². The molecule has 0 N–H and O–H groups in total. The second-order valence-corrected chi connectivity index (χ2v) is 2.31. The molecule has 2 aliphatic rings. The number of rotatable bonds is 0. The number of carbonyl (C=O) groups excluding carboxylic acids is 1. The van der Waals surface area contributed by atoms with Gasteiger partial charge in [-0.1, -0.05) is 6.08 Å². The Hall–Kier alpha value is -0.850. The smallest absolute Gasteiger partial charge is 0.159 e. The molecule has 0 bridgehead atoms. The standard InChI is InChI=1S/C8H6O/c9-8-4-3-6-1-2-7(6)5-8/h3,5H,2,4H2. The van der Waals surface area contributed by atoms with E-state index < -0.39 is 0 Å². The van der Waals surface area contributed by atoms with Gasteiger partial charge in [0, 0.05) is 12.8 Å². The molecule has 0 aromatic heterocycles. The maximum atomic E-state index is 10.7. The van der Waals surface area contributed by atoms with Crippen LogP contribution in [0.4, 0.5) is 0 Å². The van der Waals surface area contributed by atoms with Crippen LogP contribution in [0.1, 0.15) is 12.8 Å². The molecule has 0 heterocycles. The zero-order valence-corrected chi connectivity index (χ0v) is 4.98. The minimum Gasteiger partial charge on any atom is -0.295 e. The maximum Gasteiger partial charge on any atom is 0.159 e. The molecule has 0 saturated heterocycles. The maximum absolute atomic E-state index is 10.7. The van der Waals surface area contributed by atoms with Gasteiger partial charge in [0.05, 0.1) is 0 Å².